The smallest absolute Gasteiger partial charge is 0.354 e. The molecule has 0 aliphatic carbocycles. The van der Waals surface area contributed by atoms with E-state index < -0.39 is 5.97 Å². The van der Waals surface area contributed by atoms with Crippen molar-refractivity contribution in [2.75, 3.05) is 53.0 Å². The van der Waals surface area contributed by atoms with Gasteiger partial charge in [0.2, 0.25) is 5.91 Å². The molecule has 8 nitrogen and oxygen atoms in total. The molecule has 1 saturated heterocycles. The number of unbranched alkanes of at least 4 members (excludes halogenated alkanes) is 1. The Morgan fingerprint density at radius 2 is 1.81 bits per heavy atom. The first kappa shape index (κ1) is 25.1. The van der Waals surface area contributed by atoms with Gasteiger partial charge in [-0.05, 0) is 32.8 Å². The lowest BCUT2D eigenvalue weighted by Gasteiger charge is -2.30. The third kappa shape index (κ3) is 6.17. The molecule has 0 aromatic carbocycles. The van der Waals surface area contributed by atoms with Crippen LogP contribution in [-0.2, 0) is 20.8 Å². The first-order valence-electron chi connectivity index (χ1n) is 11.2. The van der Waals surface area contributed by atoms with Crippen LogP contribution in [0, 0.1) is 13.8 Å². The molecule has 1 aromatic heterocycles. The normalized spacial score (nSPS) is 14.5. The SMILES string of the molecule is CCCCC(=O)N(CCN1CCOCC1)CC(=O)c1c(C)c(C(=O)OC)n(CC)c1C. The van der Waals surface area contributed by atoms with Crippen molar-refractivity contribution in [3.05, 3.63) is 22.5 Å². The number of Topliss-reactive ketones (excluding diaryl/α,β-unsaturated/α-hetero) is 1. The lowest BCUT2D eigenvalue weighted by molar-refractivity contribution is -0.131. The predicted octanol–water partition coefficient (Wildman–Crippen LogP) is 2.45. The monoisotopic (exact) mass is 435 g/mol. The zero-order valence-electron chi connectivity index (χ0n) is 19.7. The van der Waals surface area contributed by atoms with E-state index in [4.69, 9.17) is 9.47 Å². The second kappa shape index (κ2) is 12.0. The maximum atomic E-state index is 13.3. The van der Waals surface area contributed by atoms with E-state index in [1.807, 2.05) is 25.3 Å². The molecule has 1 aliphatic heterocycles. The molecular weight excluding hydrogens is 398 g/mol. The Morgan fingerprint density at radius 1 is 1.13 bits per heavy atom. The highest BCUT2D eigenvalue weighted by Gasteiger charge is 2.28. The Balaban J connectivity index is 2.22. The maximum Gasteiger partial charge on any atom is 0.354 e. The molecule has 174 valence electrons. The van der Waals surface area contributed by atoms with Crippen molar-refractivity contribution in [2.24, 2.45) is 0 Å². The minimum absolute atomic E-state index is 0.00174. The van der Waals surface area contributed by atoms with Gasteiger partial charge in [0.15, 0.2) is 5.78 Å². The van der Waals surface area contributed by atoms with Crippen LogP contribution in [0.1, 0.15) is 65.2 Å². The van der Waals surface area contributed by atoms with E-state index >= 15 is 0 Å². The molecule has 0 unspecified atom stereocenters. The van der Waals surface area contributed by atoms with Gasteiger partial charge in [0, 0.05) is 50.4 Å². The number of aromatic nitrogens is 1. The highest BCUT2D eigenvalue weighted by molar-refractivity contribution is 6.04. The van der Waals surface area contributed by atoms with Gasteiger partial charge in [-0.2, -0.15) is 0 Å². The fraction of sp³-hybridized carbons (Fsp3) is 0.696. The number of hydrogen-bond acceptors (Lipinski definition) is 6. The summed E-state index contributed by atoms with van der Waals surface area (Å²) < 4.78 is 12.1. The Kier molecular flexibility index (Phi) is 9.71. The molecule has 0 N–H and O–H groups in total. The van der Waals surface area contributed by atoms with Crippen molar-refractivity contribution >= 4 is 17.7 Å². The number of morpholine rings is 1. The zero-order valence-corrected chi connectivity index (χ0v) is 19.7. The zero-order chi connectivity index (χ0) is 23.0. The molecular formula is C23H37N3O5. The molecule has 0 bridgehead atoms. The largest absolute Gasteiger partial charge is 0.464 e. The van der Waals surface area contributed by atoms with Crippen LogP contribution in [0.4, 0.5) is 0 Å². The quantitative estimate of drug-likeness (QED) is 0.392. The highest BCUT2D eigenvalue weighted by Crippen LogP contribution is 2.24. The van der Waals surface area contributed by atoms with E-state index in [2.05, 4.69) is 4.90 Å². The summed E-state index contributed by atoms with van der Waals surface area (Å²) >= 11 is 0. The summed E-state index contributed by atoms with van der Waals surface area (Å²) in [6.45, 7) is 12.5. The van der Waals surface area contributed by atoms with Gasteiger partial charge in [0.1, 0.15) is 5.69 Å². The second-order valence-corrected chi connectivity index (χ2v) is 7.97. The summed E-state index contributed by atoms with van der Waals surface area (Å²) in [7, 11) is 1.34. The van der Waals surface area contributed by atoms with Gasteiger partial charge in [0.05, 0.1) is 26.9 Å². The highest BCUT2D eigenvalue weighted by atomic mass is 16.5. The second-order valence-electron chi connectivity index (χ2n) is 7.97. The van der Waals surface area contributed by atoms with Crippen molar-refractivity contribution in [3.8, 4) is 0 Å². The van der Waals surface area contributed by atoms with E-state index in [1.165, 1.54) is 7.11 Å². The minimum Gasteiger partial charge on any atom is -0.464 e. The molecule has 1 aromatic rings. The Labute approximate surface area is 185 Å². The van der Waals surface area contributed by atoms with E-state index in [0.717, 1.165) is 38.2 Å². The summed E-state index contributed by atoms with van der Waals surface area (Å²) in [5.74, 6) is -0.592. The first-order chi connectivity index (χ1) is 14.8. The Hall–Kier alpha value is -2.19. The molecule has 0 spiro atoms. The van der Waals surface area contributed by atoms with Crippen LogP contribution in [0.3, 0.4) is 0 Å². The molecule has 1 amide bonds. The molecule has 0 radical (unpaired) electrons. The van der Waals surface area contributed by atoms with Crippen molar-refractivity contribution in [2.45, 2.75) is 53.5 Å². The number of ketones is 1. The lowest BCUT2D eigenvalue weighted by atomic mass is 10.0. The van der Waals surface area contributed by atoms with Gasteiger partial charge in [-0.1, -0.05) is 13.3 Å². The van der Waals surface area contributed by atoms with Gasteiger partial charge in [0.25, 0.3) is 0 Å². The molecule has 8 heteroatoms. The van der Waals surface area contributed by atoms with Crippen molar-refractivity contribution in [1.29, 1.82) is 0 Å². The summed E-state index contributed by atoms with van der Waals surface area (Å²) in [5, 5.41) is 0. The van der Waals surface area contributed by atoms with Crippen LogP contribution in [0.25, 0.3) is 0 Å². The number of esters is 1. The van der Waals surface area contributed by atoms with Gasteiger partial charge in [-0.15, -0.1) is 0 Å². The van der Waals surface area contributed by atoms with Gasteiger partial charge < -0.3 is 18.9 Å². The Bertz CT molecular complexity index is 781. The van der Waals surface area contributed by atoms with Crippen LogP contribution >= 0.6 is 0 Å². The average Bonchev–Trinajstić information content (AvgIpc) is 3.04. The molecule has 0 atom stereocenters. The van der Waals surface area contributed by atoms with E-state index in [-0.39, 0.29) is 18.2 Å². The van der Waals surface area contributed by atoms with Gasteiger partial charge in [-0.3, -0.25) is 14.5 Å². The molecule has 31 heavy (non-hydrogen) atoms. The van der Waals surface area contributed by atoms with Crippen LogP contribution in [0.2, 0.25) is 0 Å². The fourth-order valence-electron chi connectivity index (χ4n) is 4.18. The van der Waals surface area contributed by atoms with Gasteiger partial charge in [-0.25, -0.2) is 4.79 Å². The number of hydrogen-bond donors (Lipinski definition) is 0. The van der Waals surface area contributed by atoms with E-state index in [0.29, 0.717) is 49.5 Å². The number of amides is 1. The number of carbonyl (C=O) groups excluding carboxylic acids is 3. The standard InChI is InChI=1S/C23H37N3O5/c1-6-8-9-20(28)25(11-10-24-12-14-31-15-13-24)16-19(27)21-17(3)22(23(29)30-5)26(7-2)18(21)4/h6-16H2,1-5H3. The number of rotatable bonds is 11. The molecule has 1 aliphatic rings. The van der Waals surface area contributed by atoms with Crippen LogP contribution < -0.4 is 0 Å². The number of methoxy groups -OCH3 is 1. The predicted molar refractivity (Wildman–Crippen MR) is 119 cm³/mol. The van der Waals surface area contributed by atoms with Crippen LogP contribution in [0.15, 0.2) is 0 Å². The first-order valence-corrected chi connectivity index (χ1v) is 11.2. The Morgan fingerprint density at radius 3 is 2.39 bits per heavy atom. The average molecular weight is 436 g/mol. The summed E-state index contributed by atoms with van der Waals surface area (Å²) in [5.41, 5.74) is 2.27. The summed E-state index contributed by atoms with van der Waals surface area (Å²) in [6.07, 6.45) is 2.17. The fourth-order valence-corrected chi connectivity index (χ4v) is 4.18. The maximum absolute atomic E-state index is 13.3. The third-order valence-corrected chi connectivity index (χ3v) is 5.96. The molecule has 1 fully saturated rings. The van der Waals surface area contributed by atoms with Crippen molar-refractivity contribution in [3.63, 3.8) is 0 Å². The molecule has 2 heterocycles. The molecule has 2 rings (SSSR count). The minimum atomic E-state index is -0.454. The number of carbonyl (C=O) groups is 3. The summed E-state index contributed by atoms with van der Waals surface area (Å²) in [4.78, 5) is 42.4. The van der Waals surface area contributed by atoms with Gasteiger partial charge >= 0.3 is 5.97 Å². The van der Waals surface area contributed by atoms with E-state index in [1.54, 1.807) is 11.8 Å². The topological polar surface area (TPSA) is 81.1 Å². The van der Waals surface area contributed by atoms with Crippen molar-refractivity contribution in [1.82, 2.24) is 14.4 Å². The van der Waals surface area contributed by atoms with E-state index in [9.17, 15) is 14.4 Å². The van der Waals surface area contributed by atoms with Crippen LogP contribution in [-0.4, -0.2) is 85.1 Å². The molecule has 0 saturated carbocycles. The van der Waals surface area contributed by atoms with Crippen molar-refractivity contribution < 1.29 is 23.9 Å². The van der Waals surface area contributed by atoms with Crippen LogP contribution in [0.5, 0.6) is 0 Å². The summed E-state index contributed by atoms with van der Waals surface area (Å²) in [6, 6.07) is 0. The number of nitrogens with zero attached hydrogens (tertiary/aromatic N) is 3. The third-order valence-electron chi connectivity index (χ3n) is 5.96. The lowest BCUT2D eigenvalue weighted by Crippen LogP contribution is -2.44. The number of ether oxygens (including phenoxy) is 2.